The van der Waals surface area contributed by atoms with E-state index < -0.39 is 11.2 Å². The first-order valence-electron chi connectivity index (χ1n) is 3.63. The van der Waals surface area contributed by atoms with Crippen molar-refractivity contribution >= 4 is 10.9 Å². The van der Waals surface area contributed by atoms with Crippen molar-refractivity contribution in [1.82, 2.24) is 9.97 Å². The molecule has 5 heteroatoms. The highest BCUT2D eigenvalue weighted by atomic mass is 16.3. The van der Waals surface area contributed by atoms with Crippen LogP contribution >= 0.6 is 0 Å². The van der Waals surface area contributed by atoms with Crippen LogP contribution in [0.3, 0.4) is 0 Å². The van der Waals surface area contributed by atoms with Gasteiger partial charge in [0, 0.05) is 0 Å². The Balaban J connectivity index is 3.12. The smallest absolute Gasteiger partial charge is 0.326 e. The maximum Gasteiger partial charge on any atom is 0.326 e. The van der Waals surface area contributed by atoms with Gasteiger partial charge in [-0.05, 0) is 12.1 Å². The van der Waals surface area contributed by atoms with Crippen LogP contribution in [0, 0.1) is 0 Å². The Labute approximate surface area is 71.7 Å². The van der Waals surface area contributed by atoms with Crippen molar-refractivity contribution in [3.8, 4) is 5.75 Å². The van der Waals surface area contributed by atoms with Crippen molar-refractivity contribution < 1.29 is 5.11 Å². The molecule has 0 saturated heterocycles. The van der Waals surface area contributed by atoms with Crippen molar-refractivity contribution in [3.63, 3.8) is 0 Å². The van der Waals surface area contributed by atoms with Crippen LogP contribution in [-0.4, -0.2) is 15.1 Å². The van der Waals surface area contributed by atoms with Crippen molar-refractivity contribution in [1.29, 1.82) is 0 Å². The molecule has 13 heavy (non-hydrogen) atoms. The SMILES string of the molecule is O=c1[nH]c(=O)c2c(O)cccc2[nH]1. The fourth-order valence-corrected chi connectivity index (χ4v) is 1.20. The van der Waals surface area contributed by atoms with Gasteiger partial charge in [-0.2, -0.15) is 0 Å². The second kappa shape index (κ2) is 2.48. The lowest BCUT2D eigenvalue weighted by Gasteiger charge is -1.97. The van der Waals surface area contributed by atoms with Gasteiger partial charge in [0.1, 0.15) is 11.1 Å². The van der Waals surface area contributed by atoms with Gasteiger partial charge in [-0.15, -0.1) is 0 Å². The lowest BCUT2D eigenvalue weighted by atomic mass is 10.2. The third-order valence-electron chi connectivity index (χ3n) is 1.74. The number of aromatic nitrogens is 2. The zero-order valence-electron chi connectivity index (χ0n) is 6.50. The minimum atomic E-state index is -0.586. The van der Waals surface area contributed by atoms with E-state index >= 15 is 0 Å². The van der Waals surface area contributed by atoms with Crippen molar-refractivity contribution in [2.45, 2.75) is 0 Å². The molecule has 0 aliphatic carbocycles. The van der Waals surface area contributed by atoms with E-state index in [0.717, 1.165) is 0 Å². The maximum absolute atomic E-state index is 11.2. The molecule has 0 unspecified atom stereocenters. The summed E-state index contributed by atoms with van der Waals surface area (Å²) in [5.41, 5.74) is -0.839. The molecule has 0 fully saturated rings. The van der Waals surface area contributed by atoms with Crippen molar-refractivity contribution in [2.75, 3.05) is 0 Å². The molecule has 1 heterocycles. The van der Waals surface area contributed by atoms with E-state index in [1.54, 1.807) is 12.1 Å². The highest BCUT2D eigenvalue weighted by Crippen LogP contribution is 2.16. The van der Waals surface area contributed by atoms with Crippen LogP contribution in [0.25, 0.3) is 10.9 Å². The van der Waals surface area contributed by atoms with Gasteiger partial charge < -0.3 is 10.1 Å². The second-order valence-electron chi connectivity index (χ2n) is 2.61. The molecule has 3 N–H and O–H groups in total. The van der Waals surface area contributed by atoms with Gasteiger partial charge in [0.25, 0.3) is 5.56 Å². The molecular formula is C8H6N2O3. The number of nitrogens with one attached hydrogen (secondary N) is 2. The third-order valence-corrected chi connectivity index (χ3v) is 1.74. The summed E-state index contributed by atoms with van der Waals surface area (Å²) in [6.07, 6.45) is 0. The first-order chi connectivity index (χ1) is 6.18. The Morgan fingerprint density at radius 1 is 1.15 bits per heavy atom. The number of benzene rings is 1. The van der Waals surface area contributed by atoms with Crippen LogP contribution in [0.5, 0.6) is 5.75 Å². The number of aromatic hydroxyl groups is 1. The van der Waals surface area contributed by atoms with Crippen LogP contribution in [0.1, 0.15) is 0 Å². The first-order valence-corrected chi connectivity index (χ1v) is 3.63. The highest BCUT2D eigenvalue weighted by Gasteiger charge is 2.03. The molecule has 0 radical (unpaired) electrons. The van der Waals surface area contributed by atoms with E-state index in [-0.39, 0.29) is 11.1 Å². The van der Waals surface area contributed by atoms with E-state index in [0.29, 0.717) is 5.52 Å². The molecule has 0 bridgehead atoms. The molecule has 2 aromatic rings. The molecule has 5 nitrogen and oxygen atoms in total. The van der Waals surface area contributed by atoms with E-state index in [1.165, 1.54) is 6.07 Å². The van der Waals surface area contributed by atoms with Gasteiger partial charge in [0.2, 0.25) is 0 Å². The minimum Gasteiger partial charge on any atom is -0.507 e. The first kappa shape index (κ1) is 7.60. The fourth-order valence-electron chi connectivity index (χ4n) is 1.20. The summed E-state index contributed by atoms with van der Waals surface area (Å²) < 4.78 is 0. The summed E-state index contributed by atoms with van der Waals surface area (Å²) in [4.78, 5) is 26.4. The Bertz CT molecular complexity index is 567. The number of phenols is 1. The van der Waals surface area contributed by atoms with Gasteiger partial charge in [-0.1, -0.05) is 6.07 Å². The number of fused-ring (bicyclic) bond motifs is 1. The topological polar surface area (TPSA) is 85.9 Å². The van der Waals surface area contributed by atoms with Gasteiger partial charge >= 0.3 is 5.69 Å². The summed E-state index contributed by atoms with van der Waals surface area (Å²) in [5.74, 6) is -0.144. The predicted octanol–water partition coefficient (Wildman–Crippen LogP) is -0.0780. The molecule has 0 spiro atoms. The molecule has 1 aromatic carbocycles. The number of hydrogen-bond donors (Lipinski definition) is 3. The van der Waals surface area contributed by atoms with Crippen LogP contribution < -0.4 is 11.2 Å². The fraction of sp³-hybridized carbons (Fsp3) is 0. The van der Waals surface area contributed by atoms with Crippen LogP contribution in [0.2, 0.25) is 0 Å². The van der Waals surface area contributed by atoms with E-state index in [9.17, 15) is 14.7 Å². The normalized spacial score (nSPS) is 10.5. The minimum absolute atomic E-state index is 0.0992. The van der Waals surface area contributed by atoms with Crippen LogP contribution in [0.4, 0.5) is 0 Å². The van der Waals surface area contributed by atoms with Gasteiger partial charge in [0.15, 0.2) is 0 Å². The summed E-state index contributed by atoms with van der Waals surface area (Å²) in [6, 6.07) is 4.48. The van der Waals surface area contributed by atoms with Crippen LogP contribution in [0.15, 0.2) is 27.8 Å². The molecule has 2 rings (SSSR count). The predicted molar refractivity (Wildman–Crippen MR) is 46.9 cm³/mol. The molecule has 66 valence electrons. The quantitative estimate of drug-likeness (QED) is 0.527. The average Bonchev–Trinajstić information content (AvgIpc) is 2.02. The zero-order chi connectivity index (χ0) is 9.42. The number of rotatable bonds is 0. The Morgan fingerprint density at radius 2 is 1.92 bits per heavy atom. The summed E-state index contributed by atoms with van der Waals surface area (Å²) >= 11 is 0. The van der Waals surface area contributed by atoms with E-state index in [4.69, 9.17) is 0 Å². The third kappa shape index (κ3) is 1.10. The van der Waals surface area contributed by atoms with Gasteiger partial charge in [-0.3, -0.25) is 9.78 Å². The lowest BCUT2D eigenvalue weighted by Crippen LogP contribution is -2.21. The van der Waals surface area contributed by atoms with Crippen LogP contribution in [-0.2, 0) is 0 Å². The average molecular weight is 178 g/mol. The number of H-pyrrole nitrogens is 2. The van der Waals surface area contributed by atoms with Crippen molar-refractivity contribution in [2.24, 2.45) is 0 Å². The van der Waals surface area contributed by atoms with Crippen molar-refractivity contribution in [3.05, 3.63) is 39.0 Å². The molecule has 0 aliphatic heterocycles. The second-order valence-corrected chi connectivity index (χ2v) is 2.61. The lowest BCUT2D eigenvalue weighted by molar-refractivity contribution is 0.481. The highest BCUT2D eigenvalue weighted by molar-refractivity contribution is 5.83. The van der Waals surface area contributed by atoms with Gasteiger partial charge in [0.05, 0.1) is 5.52 Å². The number of hydrogen-bond acceptors (Lipinski definition) is 3. The zero-order valence-corrected chi connectivity index (χ0v) is 6.50. The van der Waals surface area contributed by atoms with E-state index in [1.807, 2.05) is 4.98 Å². The molecule has 0 aliphatic rings. The molecular weight excluding hydrogens is 172 g/mol. The molecule has 0 amide bonds. The number of aromatic amines is 2. The Morgan fingerprint density at radius 3 is 2.69 bits per heavy atom. The monoisotopic (exact) mass is 178 g/mol. The summed E-state index contributed by atoms with van der Waals surface area (Å²) in [5, 5.41) is 9.40. The largest absolute Gasteiger partial charge is 0.507 e. The Hall–Kier alpha value is -2.04. The van der Waals surface area contributed by atoms with E-state index in [2.05, 4.69) is 4.98 Å². The molecule has 0 atom stereocenters. The standard InChI is InChI=1S/C8H6N2O3/c11-5-3-1-2-4-6(5)7(12)10-8(13)9-4/h1-3,11H,(H2,9,10,12,13). The summed E-state index contributed by atoms with van der Waals surface area (Å²) in [6.45, 7) is 0. The molecule has 1 aromatic heterocycles. The van der Waals surface area contributed by atoms with Gasteiger partial charge in [-0.25, -0.2) is 4.79 Å². The Kier molecular flexibility index (Phi) is 1.45. The summed E-state index contributed by atoms with van der Waals surface area (Å²) in [7, 11) is 0. The maximum atomic E-state index is 11.2. The number of phenolic OH excluding ortho intramolecular Hbond substituents is 1. The molecule has 0 saturated carbocycles.